The number of carboxylic acids is 1. The molecule has 5 nitrogen and oxygen atoms in total. The van der Waals surface area contributed by atoms with Gasteiger partial charge in [0.05, 0.1) is 12.0 Å². The van der Waals surface area contributed by atoms with Crippen molar-refractivity contribution in [1.29, 1.82) is 0 Å². The van der Waals surface area contributed by atoms with E-state index in [-0.39, 0.29) is 17.9 Å². The van der Waals surface area contributed by atoms with Gasteiger partial charge in [-0.1, -0.05) is 36.8 Å². The number of hydrogen-bond acceptors (Lipinski definition) is 3. The Morgan fingerprint density at radius 3 is 2.64 bits per heavy atom. The van der Waals surface area contributed by atoms with Crippen LogP contribution in [-0.4, -0.2) is 52.5 Å². The Balaban J connectivity index is 1.65. The molecule has 0 radical (unpaired) electrons. The van der Waals surface area contributed by atoms with Gasteiger partial charge in [-0.2, -0.15) is 0 Å². The van der Waals surface area contributed by atoms with Gasteiger partial charge in [0.15, 0.2) is 0 Å². The highest BCUT2D eigenvalue weighted by molar-refractivity contribution is 5.80. The number of likely N-dealkylation sites (tertiary alicyclic amines) is 1. The zero-order chi connectivity index (χ0) is 18.0. The van der Waals surface area contributed by atoms with Gasteiger partial charge in [0.1, 0.15) is 0 Å². The summed E-state index contributed by atoms with van der Waals surface area (Å²) in [5.41, 5.74) is 0.493. The Hall–Kier alpha value is -1.88. The molecular weight excluding hydrogens is 316 g/mol. The third kappa shape index (κ3) is 3.56. The van der Waals surface area contributed by atoms with Gasteiger partial charge in [0.25, 0.3) is 0 Å². The highest BCUT2D eigenvalue weighted by Gasteiger charge is 2.54. The maximum atomic E-state index is 12.9. The molecule has 1 N–H and O–H groups in total. The van der Waals surface area contributed by atoms with Crippen LogP contribution in [-0.2, 0) is 16.1 Å². The van der Waals surface area contributed by atoms with E-state index in [1.54, 1.807) is 0 Å². The van der Waals surface area contributed by atoms with Gasteiger partial charge in [-0.15, -0.1) is 0 Å². The predicted octanol–water partition coefficient (Wildman–Crippen LogP) is 2.61. The Morgan fingerprint density at radius 2 is 2.04 bits per heavy atom. The van der Waals surface area contributed by atoms with Gasteiger partial charge in [-0.05, 0) is 38.2 Å². The summed E-state index contributed by atoms with van der Waals surface area (Å²) in [5.74, 6) is -0.409. The second-order valence-corrected chi connectivity index (χ2v) is 7.82. The molecule has 5 heteroatoms. The highest BCUT2D eigenvalue weighted by Crippen LogP contribution is 2.48. The average molecular weight is 344 g/mol. The van der Waals surface area contributed by atoms with Gasteiger partial charge in [0, 0.05) is 25.7 Å². The molecule has 1 heterocycles. The van der Waals surface area contributed by atoms with Crippen LogP contribution in [0, 0.1) is 11.3 Å². The fraction of sp³-hybridized carbons (Fsp3) is 0.600. The van der Waals surface area contributed by atoms with Crippen molar-refractivity contribution >= 4 is 11.9 Å². The number of fused-ring (bicyclic) bond motifs is 1. The smallest absolute Gasteiger partial charge is 0.311 e. The fourth-order valence-electron chi connectivity index (χ4n) is 4.48. The minimum atomic E-state index is -0.685. The molecule has 1 aromatic carbocycles. The van der Waals surface area contributed by atoms with Crippen molar-refractivity contribution in [2.45, 2.75) is 45.7 Å². The Labute approximate surface area is 149 Å². The predicted molar refractivity (Wildman–Crippen MR) is 96.0 cm³/mol. The van der Waals surface area contributed by atoms with E-state index in [1.807, 2.05) is 49.1 Å². The van der Waals surface area contributed by atoms with Crippen molar-refractivity contribution in [2.24, 2.45) is 11.3 Å². The summed E-state index contributed by atoms with van der Waals surface area (Å²) >= 11 is 0. The van der Waals surface area contributed by atoms with Crippen LogP contribution in [0.1, 0.15) is 38.7 Å². The maximum absolute atomic E-state index is 12.9. The van der Waals surface area contributed by atoms with Crippen LogP contribution >= 0.6 is 0 Å². The second kappa shape index (κ2) is 7.16. The molecule has 136 valence electrons. The molecule has 1 aliphatic heterocycles. The van der Waals surface area contributed by atoms with Gasteiger partial charge < -0.3 is 10.0 Å². The molecule has 1 aliphatic carbocycles. The summed E-state index contributed by atoms with van der Waals surface area (Å²) in [6.45, 7) is 6.21. The molecule has 0 unspecified atom stereocenters. The van der Waals surface area contributed by atoms with Crippen LogP contribution in [0.25, 0.3) is 0 Å². The van der Waals surface area contributed by atoms with Crippen molar-refractivity contribution in [3.05, 3.63) is 35.9 Å². The fourth-order valence-corrected chi connectivity index (χ4v) is 4.48. The van der Waals surface area contributed by atoms with Crippen LogP contribution in [0.5, 0.6) is 0 Å². The zero-order valence-electron chi connectivity index (χ0n) is 15.1. The lowest BCUT2D eigenvalue weighted by Gasteiger charge is -2.29. The van der Waals surface area contributed by atoms with Crippen LogP contribution in [0.2, 0.25) is 0 Å². The third-order valence-corrected chi connectivity index (χ3v) is 5.87. The van der Waals surface area contributed by atoms with E-state index in [2.05, 4.69) is 4.90 Å². The second-order valence-electron chi connectivity index (χ2n) is 7.82. The topological polar surface area (TPSA) is 60.9 Å². The summed E-state index contributed by atoms with van der Waals surface area (Å²) < 4.78 is 0. The summed E-state index contributed by atoms with van der Waals surface area (Å²) in [7, 11) is 0. The van der Waals surface area contributed by atoms with Gasteiger partial charge in [0.2, 0.25) is 5.91 Å². The molecule has 1 saturated carbocycles. The lowest BCUT2D eigenvalue weighted by atomic mass is 9.81. The number of benzene rings is 1. The minimum absolute atomic E-state index is 0.0827. The molecule has 1 amide bonds. The Morgan fingerprint density at radius 1 is 1.32 bits per heavy atom. The average Bonchev–Trinajstić information content (AvgIpc) is 3.11. The van der Waals surface area contributed by atoms with Crippen LogP contribution in [0.15, 0.2) is 30.3 Å². The summed E-state index contributed by atoms with van der Waals surface area (Å²) in [6, 6.07) is 10.1. The standard InChI is InChI=1S/C20H28N2O3/c1-15(2)22(11-16-7-4-3-5-8-16)18(23)13-21-12-17-9-6-10-20(17,14-21)19(24)25/h3-5,7-8,15,17H,6,9-14H2,1-2H3,(H,24,25)/t17-,20+/m0/s1. The summed E-state index contributed by atoms with van der Waals surface area (Å²) in [5, 5.41) is 9.70. The summed E-state index contributed by atoms with van der Waals surface area (Å²) in [4.78, 5) is 28.6. The number of carbonyl (C=O) groups excluding carboxylic acids is 1. The third-order valence-electron chi connectivity index (χ3n) is 5.87. The van der Waals surface area contributed by atoms with Crippen molar-refractivity contribution < 1.29 is 14.7 Å². The molecule has 0 spiro atoms. The molecule has 0 bridgehead atoms. The molecule has 0 aromatic heterocycles. The first-order chi connectivity index (χ1) is 11.9. The molecule has 25 heavy (non-hydrogen) atoms. The number of carboxylic acid groups (broad SMARTS) is 1. The SMILES string of the molecule is CC(C)N(Cc1ccccc1)C(=O)CN1C[C@@H]2CCC[C@@]2(C(=O)O)C1. The molecule has 3 rings (SSSR count). The van der Waals surface area contributed by atoms with Crippen molar-refractivity contribution in [2.75, 3.05) is 19.6 Å². The molecule has 2 aliphatic rings. The van der Waals surface area contributed by atoms with E-state index in [9.17, 15) is 14.7 Å². The van der Waals surface area contributed by atoms with E-state index >= 15 is 0 Å². The first kappa shape index (κ1) is 17.9. The number of rotatable bonds is 6. The molecule has 2 atom stereocenters. The molecule has 2 fully saturated rings. The van der Waals surface area contributed by atoms with Crippen LogP contribution in [0.3, 0.4) is 0 Å². The van der Waals surface area contributed by atoms with E-state index in [0.717, 1.165) is 31.4 Å². The molecule has 1 saturated heterocycles. The highest BCUT2D eigenvalue weighted by atomic mass is 16.4. The summed E-state index contributed by atoms with van der Waals surface area (Å²) in [6.07, 6.45) is 2.70. The van der Waals surface area contributed by atoms with E-state index < -0.39 is 11.4 Å². The normalized spacial score (nSPS) is 26.0. The van der Waals surface area contributed by atoms with Crippen molar-refractivity contribution in [3.8, 4) is 0 Å². The van der Waals surface area contributed by atoms with Crippen LogP contribution in [0.4, 0.5) is 0 Å². The van der Waals surface area contributed by atoms with Crippen LogP contribution < -0.4 is 0 Å². The monoisotopic (exact) mass is 344 g/mol. The molecular formula is C20H28N2O3. The number of aliphatic carboxylic acids is 1. The number of amides is 1. The Bertz CT molecular complexity index is 631. The quantitative estimate of drug-likeness (QED) is 0.862. The van der Waals surface area contributed by atoms with Gasteiger partial charge in [-0.25, -0.2) is 0 Å². The lowest BCUT2D eigenvalue weighted by Crippen LogP contribution is -2.43. The largest absolute Gasteiger partial charge is 0.481 e. The number of hydrogen-bond donors (Lipinski definition) is 1. The first-order valence-corrected chi connectivity index (χ1v) is 9.21. The van der Waals surface area contributed by atoms with Gasteiger partial charge >= 0.3 is 5.97 Å². The van der Waals surface area contributed by atoms with Crippen molar-refractivity contribution in [3.63, 3.8) is 0 Å². The molecule has 1 aromatic rings. The lowest BCUT2D eigenvalue weighted by molar-refractivity contribution is -0.149. The van der Waals surface area contributed by atoms with Gasteiger partial charge in [-0.3, -0.25) is 14.5 Å². The zero-order valence-corrected chi connectivity index (χ0v) is 15.1. The van der Waals surface area contributed by atoms with Crippen molar-refractivity contribution in [1.82, 2.24) is 9.80 Å². The maximum Gasteiger partial charge on any atom is 0.311 e. The number of carbonyl (C=O) groups is 2. The van der Waals surface area contributed by atoms with E-state index in [1.165, 1.54) is 0 Å². The minimum Gasteiger partial charge on any atom is -0.481 e. The first-order valence-electron chi connectivity index (χ1n) is 9.21. The van der Waals surface area contributed by atoms with E-state index in [4.69, 9.17) is 0 Å². The Kier molecular flexibility index (Phi) is 5.13. The number of nitrogens with zero attached hydrogens (tertiary/aromatic N) is 2. The van der Waals surface area contributed by atoms with E-state index in [0.29, 0.717) is 19.6 Å².